The number of carbonyl (C=O) groups is 1. The Morgan fingerprint density at radius 2 is 1.76 bits per heavy atom. The van der Waals surface area contributed by atoms with Crippen molar-refractivity contribution in [3.8, 4) is 0 Å². The topological polar surface area (TPSA) is 118 Å². The maximum absolute atomic E-state index is 12.6. The van der Waals surface area contributed by atoms with Crippen LogP contribution in [0.3, 0.4) is 0 Å². The highest BCUT2D eigenvalue weighted by molar-refractivity contribution is 7.92. The van der Waals surface area contributed by atoms with Crippen LogP contribution in [-0.2, 0) is 14.8 Å². The highest BCUT2D eigenvalue weighted by Crippen LogP contribution is 2.24. The Hall–Kier alpha value is -3.69. The van der Waals surface area contributed by atoms with Crippen LogP contribution in [0, 0.1) is 10.1 Å². The van der Waals surface area contributed by atoms with E-state index < -0.39 is 26.9 Å². The third kappa shape index (κ3) is 6.41. The van der Waals surface area contributed by atoms with E-state index in [9.17, 15) is 23.3 Å². The average Bonchev–Trinajstić information content (AvgIpc) is 2.79. The van der Waals surface area contributed by atoms with Gasteiger partial charge in [-0.3, -0.25) is 19.6 Å². The SMILES string of the molecule is CC(NC(=O)C=Cc1ccc(S(=O)(=O)Nc2ccccc2Cl)cc1)c1cccc([N+](=O)[O-])c1. The van der Waals surface area contributed by atoms with Gasteiger partial charge in [-0.1, -0.05) is 48.0 Å². The molecule has 1 amide bonds. The van der Waals surface area contributed by atoms with Gasteiger partial charge in [-0.25, -0.2) is 8.42 Å². The number of amides is 1. The van der Waals surface area contributed by atoms with E-state index >= 15 is 0 Å². The molecule has 10 heteroatoms. The molecule has 8 nitrogen and oxygen atoms in total. The van der Waals surface area contributed by atoms with Crippen LogP contribution in [0.1, 0.15) is 24.1 Å². The van der Waals surface area contributed by atoms with Crippen molar-refractivity contribution in [2.24, 2.45) is 0 Å². The summed E-state index contributed by atoms with van der Waals surface area (Å²) in [6, 6.07) is 18.1. The first-order chi connectivity index (χ1) is 15.7. The number of halogens is 1. The number of carbonyl (C=O) groups excluding carboxylic acids is 1. The summed E-state index contributed by atoms with van der Waals surface area (Å²) < 4.78 is 27.6. The fourth-order valence-corrected chi connectivity index (χ4v) is 4.25. The van der Waals surface area contributed by atoms with Crippen LogP contribution in [0.2, 0.25) is 5.02 Å². The van der Waals surface area contributed by atoms with E-state index in [2.05, 4.69) is 10.0 Å². The fraction of sp³-hybridized carbons (Fsp3) is 0.0870. The predicted molar refractivity (Wildman–Crippen MR) is 127 cm³/mol. The molecule has 2 N–H and O–H groups in total. The summed E-state index contributed by atoms with van der Waals surface area (Å²) in [5.74, 6) is -0.397. The molecule has 0 radical (unpaired) electrons. The van der Waals surface area contributed by atoms with Crippen LogP contribution >= 0.6 is 11.6 Å². The van der Waals surface area contributed by atoms with Gasteiger partial charge in [-0.05, 0) is 48.4 Å². The van der Waals surface area contributed by atoms with Gasteiger partial charge in [0.15, 0.2) is 0 Å². The molecule has 0 bridgehead atoms. The molecule has 0 aliphatic heterocycles. The van der Waals surface area contributed by atoms with Crippen molar-refractivity contribution in [2.75, 3.05) is 4.72 Å². The number of para-hydroxylation sites is 1. The maximum Gasteiger partial charge on any atom is 0.269 e. The van der Waals surface area contributed by atoms with Crippen LogP contribution < -0.4 is 10.0 Å². The maximum atomic E-state index is 12.6. The summed E-state index contributed by atoms with van der Waals surface area (Å²) in [6.07, 6.45) is 2.84. The van der Waals surface area contributed by atoms with Crippen molar-refractivity contribution in [3.05, 3.63) is 105 Å². The van der Waals surface area contributed by atoms with E-state index in [1.54, 1.807) is 55.5 Å². The van der Waals surface area contributed by atoms with E-state index in [1.165, 1.54) is 36.4 Å². The van der Waals surface area contributed by atoms with Crippen molar-refractivity contribution in [3.63, 3.8) is 0 Å². The van der Waals surface area contributed by atoms with E-state index in [0.29, 0.717) is 11.1 Å². The Morgan fingerprint density at radius 1 is 1.06 bits per heavy atom. The number of anilines is 1. The van der Waals surface area contributed by atoms with Crippen LogP contribution in [0.4, 0.5) is 11.4 Å². The molecular formula is C23H20ClN3O5S. The van der Waals surface area contributed by atoms with Crippen molar-refractivity contribution in [1.29, 1.82) is 0 Å². The number of hydrogen-bond donors (Lipinski definition) is 2. The Balaban J connectivity index is 1.63. The highest BCUT2D eigenvalue weighted by Gasteiger charge is 2.15. The summed E-state index contributed by atoms with van der Waals surface area (Å²) in [4.78, 5) is 22.7. The number of benzene rings is 3. The summed E-state index contributed by atoms with van der Waals surface area (Å²) in [5.41, 5.74) is 1.44. The van der Waals surface area contributed by atoms with E-state index in [-0.39, 0.29) is 21.3 Å². The molecule has 0 saturated heterocycles. The van der Waals surface area contributed by atoms with Gasteiger partial charge < -0.3 is 5.32 Å². The average molecular weight is 486 g/mol. The Labute approximate surface area is 196 Å². The zero-order valence-corrected chi connectivity index (χ0v) is 19.0. The zero-order valence-electron chi connectivity index (χ0n) is 17.4. The lowest BCUT2D eigenvalue weighted by Crippen LogP contribution is -2.24. The summed E-state index contributed by atoms with van der Waals surface area (Å²) in [7, 11) is -3.83. The number of nitro groups is 1. The van der Waals surface area contributed by atoms with Crippen LogP contribution in [0.25, 0.3) is 6.08 Å². The summed E-state index contributed by atoms with van der Waals surface area (Å²) in [6.45, 7) is 1.72. The molecular weight excluding hydrogens is 466 g/mol. The number of sulfonamides is 1. The number of nitrogens with one attached hydrogen (secondary N) is 2. The standard InChI is InChI=1S/C23H20ClN3O5S/c1-16(18-5-4-6-19(15-18)27(29)30)25-23(28)14-11-17-9-12-20(13-10-17)33(31,32)26-22-8-3-2-7-21(22)24/h2-16,26H,1H3,(H,25,28). The molecule has 0 aliphatic rings. The molecule has 170 valence electrons. The van der Waals surface area contributed by atoms with Gasteiger partial charge in [-0.15, -0.1) is 0 Å². The fourth-order valence-electron chi connectivity index (χ4n) is 2.93. The molecule has 1 atom stereocenters. The zero-order chi connectivity index (χ0) is 24.0. The molecule has 0 spiro atoms. The Morgan fingerprint density at radius 3 is 2.42 bits per heavy atom. The number of nitrogens with zero attached hydrogens (tertiary/aromatic N) is 1. The minimum atomic E-state index is -3.83. The normalized spacial score (nSPS) is 12.3. The van der Waals surface area contributed by atoms with Crippen molar-refractivity contribution >= 4 is 45.0 Å². The van der Waals surface area contributed by atoms with Gasteiger partial charge in [0.05, 0.1) is 26.6 Å². The molecule has 0 fully saturated rings. The van der Waals surface area contributed by atoms with Gasteiger partial charge in [0, 0.05) is 18.2 Å². The lowest BCUT2D eigenvalue weighted by atomic mass is 10.1. The van der Waals surface area contributed by atoms with E-state index in [0.717, 1.165) is 0 Å². The second-order valence-electron chi connectivity index (χ2n) is 7.07. The van der Waals surface area contributed by atoms with E-state index in [1.807, 2.05) is 0 Å². The van der Waals surface area contributed by atoms with E-state index in [4.69, 9.17) is 11.6 Å². The van der Waals surface area contributed by atoms with Crippen LogP contribution in [0.15, 0.2) is 83.8 Å². The molecule has 0 aromatic heterocycles. The lowest BCUT2D eigenvalue weighted by Gasteiger charge is -2.12. The second kappa shape index (κ2) is 10.3. The molecule has 0 aliphatic carbocycles. The number of nitro benzene ring substituents is 1. The first kappa shape index (κ1) is 24.0. The van der Waals surface area contributed by atoms with Gasteiger partial charge in [0.25, 0.3) is 15.7 Å². The van der Waals surface area contributed by atoms with Crippen molar-refractivity contribution in [1.82, 2.24) is 5.32 Å². The molecule has 3 aromatic carbocycles. The molecule has 3 aromatic rings. The van der Waals surface area contributed by atoms with Crippen LogP contribution in [0.5, 0.6) is 0 Å². The number of rotatable bonds is 8. The van der Waals surface area contributed by atoms with Crippen molar-refractivity contribution in [2.45, 2.75) is 17.9 Å². The quantitative estimate of drug-likeness (QED) is 0.266. The largest absolute Gasteiger partial charge is 0.346 e. The summed E-state index contributed by atoms with van der Waals surface area (Å²) in [5, 5.41) is 13.9. The minimum Gasteiger partial charge on any atom is -0.346 e. The molecule has 0 heterocycles. The Bertz CT molecular complexity index is 1310. The highest BCUT2D eigenvalue weighted by atomic mass is 35.5. The molecule has 1 unspecified atom stereocenters. The smallest absolute Gasteiger partial charge is 0.269 e. The molecule has 0 saturated carbocycles. The third-order valence-corrected chi connectivity index (χ3v) is 6.39. The first-order valence-corrected chi connectivity index (χ1v) is 11.6. The molecule has 3 rings (SSSR count). The number of hydrogen-bond acceptors (Lipinski definition) is 5. The molecule has 33 heavy (non-hydrogen) atoms. The summed E-state index contributed by atoms with van der Waals surface area (Å²) >= 11 is 6.01. The Kier molecular flexibility index (Phi) is 7.47. The first-order valence-electron chi connectivity index (χ1n) is 9.76. The van der Waals surface area contributed by atoms with Crippen molar-refractivity contribution < 1.29 is 18.1 Å². The van der Waals surface area contributed by atoms with Crippen LogP contribution in [-0.4, -0.2) is 19.2 Å². The lowest BCUT2D eigenvalue weighted by molar-refractivity contribution is -0.384. The monoisotopic (exact) mass is 485 g/mol. The third-order valence-electron chi connectivity index (χ3n) is 4.68. The second-order valence-corrected chi connectivity index (χ2v) is 9.16. The minimum absolute atomic E-state index is 0.0447. The van der Waals surface area contributed by atoms with Gasteiger partial charge in [-0.2, -0.15) is 0 Å². The predicted octanol–water partition coefficient (Wildman–Crippen LogP) is 4.94. The number of non-ortho nitro benzene ring substituents is 1. The van der Waals surface area contributed by atoms with Gasteiger partial charge in [0.1, 0.15) is 0 Å². The van der Waals surface area contributed by atoms with Gasteiger partial charge >= 0.3 is 0 Å². The van der Waals surface area contributed by atoms with Gasteiger partial charge in [0.2, 0.25) is 5.91 Å².